The minimum atomic E-state index is -0.0471. The summed E-state index contributed by atoms with van der Waals surface area (Å²) in [6.07, 6.45) is 7.84. The van der Waals surface area contributed by atoms with E-state index < -0.39 is 0 Å². The minimum Gasteiger partial charge on any atom is -0.495 e. The number of ketones is 1. The van der Waals surface area contributed by atoms with Gasteiger partial charge in [0, 0.05) is 18.7 Å². The first-order chi connectivity index (χ1) is 15.0. The van der Waals surface area contributed by atoms with Crippen LogP contribution in [0.15, 0.2) is 77.9 Å². The molecular weight excluding hydrogens is 384 g/mol. The zero-order chi connectivity index (χ0) is 23.6. The Morgan fingerprint density at radius 2 is 1.74 bits per heavy atom. The van der Waals surface area contributed by atoms with E-state index in [1.807, 2.05) is 84.0 Å². The van der Waals surface area contributed by atoms with Crippen LogP contribution in [-0.2, 0) is 16.1 Å². The highest BCUT2D eigenvalue weighted by Crippen LogP contribution is 2.21. The lowest BCUT2D eigenvalue weighted by atomic mass is 10.1. The van der Waals surface area contributed by atoms with E-state index >= 15 is 0 Å². The average molecular weight is 427 g/mol. The number of rotatable bonds is 10. The minimum absolute atomic E-state index is 0.0471. The number of Topliss-reactive ketones (excluding diaryl/α,β-unsaturated/α-hetero) is 1. The predicted octanol–water partition coefficient (Wildman–Crippen LogP) is 6.43. The highest BCUT2D eigenvalue weighted by Gasteiger charge is 2.13. The molecule has 0 radical (unpaired) electrons. The van der Waals surface area contributed by atoms with Crippen LogP contribution in [0.4, 0.5) is 0 Å². The van der Waals surface area contributed by atoms with Crippen LogP contribution in [0.2, 0.25) is 0 Å². The second kappa shape index (κ2) is 17.1. The van der Waals surface area contributed by atoms with Gasteiger partial charge in [0.25, 0.3) is 0 Å². The zero-order valence-electron chi connectivity index (χ0n) is 20.5. The first-order valence-corrected chi connectivity index (χ1v) is 11.5. The van der Waals surface area contributed by atoms with Crippen molar-refractivity contribution in [1.29, 1.82) is 0 Å². The molecule has 0 fully saturated rings. The Morgan fingerprint density at radius 3 is 2.32 bits per heavy atom. The van der Waals surface area contributed by atoms with Gasteiger partial charge < -0.3 is 15.4 Å². The smallest absolute Gasteiger partial charge is 0.192 e. The Bertz CT molecular complexity index is 744. The molecule has 0 saturated heterocycles. The first kappa shape index (κ1) is 28.4. The maximum absolute atomic E-state index is 12.4. The second-order valence-electron chi connectivity index (χ2n) is 6.78. The summed E-state index contributed by atoms with van der Waals surface area (Å²) in [5.41, 5.74) is 3.60. The van der Waals surface area contributed by atoms with Gasteiger partial charge in [-0.2, -0.15) is 0 Å². The van der Waals surface area contributed by atoms with Gasteiger partial charge in [-0.05, 0) is 43.6 Å². The molecule has 0 amide bonds. The molecule has 1 aliphatic carbocycles. The molecule has 0 heterocycles. The highest BCUT2D eigenvalue weighted by atomic mass is 16.5. The largest absolute Gasteiger partial charge is 0.495 e. The molecule has 2 N–H and O–H groups in total. The standard InChI is InChI=1S/C23H30N2O2.2C2H6/c1-5-20-11-12-21(27-17(2)3)13-14-22(20)25-18(4)23(26)16-24-15-19-9-7-6-8-10-19;2*1-2/h6-11,13-14,17,24-25H,4-5,12,15-16H2,1-3H3;2*1-2H3. The number of carbonyl (C=O) groups is 1. The lowest BCUT2D eigenvalue weighted by Crippen LogP contribution is -2.29. The molecule has 2 rings (SSSR count). The summed E-state index contributed by atoms with van der Waals surface area (Å²) in [6, 6.07) is 10.0. The molecule has 1 aromatic rings. The molecule has 0 saturated carbocycles. The fraction of sp³-hybridized carbons (Fsp3) is 0.444. The van der Waals surface area contributed by atoms with Gasteiger partial charge in [0.1, 0.15) is 5.76 Å². The van der Waals surface area contributed by atoms with E-state index in [9.17, 15) is 4.79 Å². The van der Waals surface area contributed by atoms with Gasteiger partial charge in [-0.3, -0.25) is 4.79 Å². The van der Waals surface area contributed by atoms with Gasteiger partial charge in [0.05, 0.1) is 18.3 Å². The molecule has 4 nitrogen and oxygen atoms in total. The molecule has 31 heavy (non-hydrogen) atoms. The van der Waals surface area contributed by atoms with Crippen LogP contribution in [0.25, 0.3) is 0 Å². The molecule has 1 aliphatic rings. The molecule has 1 aromatic carbocycles. The van der Waals surface area contributed by atoms with Gasteiger partial charge >= 0.3 is 0 Å². The van der Waals surface area contributed by atoms with E-state index in [2.05, 4.69) is 30.2 Å². The number of allylic oxidation sites excluding steroid dienone is 4. The third-order valence-electron chi connectivity index (χ3n) is 4.18. The molecule has 0 bridgehead atoms. The molecule has 0 aromatic heterocycles. The summed E-state index contributed by atoms with van der Waals surface area (Å²) in [4.78, 5) is 12.4. The van der Waals surface area contributed by atoms with Gasteiger partial charge in [-0.15, -0.1) is 0 Å². The van der Waals surface area contributed by atoms with Crippen molar-refractivity contribution in [3.05, 3.63) is 83.4 Å². The summed E-state index contributed by atoms with van der Waals surface area (Å²) in [5, 5.41) is 6.36. The lowest BCUT2D eigenvalue weighted by molar-refractivity contribution is -0.115. The molecule has 0 atom stereocenters. The Labute approximate surface area is 190 Å². The fourth-order valence-corrected chi connectivity index (χ4v) is 2.79. The van der Waals surface area contributed by atoms with Crippen molar-refractivity contribution in [2.24, 2.45) is 0 Å². The van der Waals surface area contributed by atoms with Crippen molar-refractivity contribution in [3.8, 4) is 0 Å². The summed E-state index contributed by atoms with van der Waals surface area (Å²) < 4.78 is 5.80. The molecule has 0 unspecified atom stereocenters. The van der Waals surface area contributed by atoms with Crippen LogP contribution >= 0.6 is 0 Å². The fourth-order valence-electron chi connectivity index (χ4n) is 2.79. The Hall–Kier alpha value is -2.59. The Morgan fingerprint density at radius 1 is 1.10 bits per heavy atom. The van der Waals surface area contributed by atoms with Crippen LogP contribution in [0.1, 0.15) is 66.9 Å². The third-order valence-corrected chi connectivity index (χ3v) is 4.18. The van der Waals surface area contributed by atoms with Crippen molar-refractivity contribution >= 4 is 5.78 Å². The zero-order valence-corrected chi connectivity index (χ0v) is 20.5. The van der Waals surface area contributed by atoms with Gasteiger partial charge in [-0.1, -0.05) is 77.6 Å². The van der Waals surface area contributed by atoms with Crippen LogP contribution in [0.5, 0.6) is 0 Å². The van der Waals surface area contributed by atoms with Crippen LogP contribution < -0.4 is 10.6 Å². The maximum atomic E-state index is 12.4. The van der Waals surface area contributed by atoms with Crippen molar-refractivity contribution in [2.45, 2.75) is 74.0 Å². The van der Waals surface area contributed by atoms with E-state index in [4.69, 9.17) is 4.74 Å². The number of nitrogens with one attached hydrogen (secondary N) is 2. The van der Waals surface area contributed by atoms with Crippen LogP contribution in [-0.4, -0.2) is 18.4 Å². The van der Waals surface area contributed by atoms with Gasteiger partial charge in [-0.25, -0.2) is 0 Å². The summed E-state index contributed by atoms with van der Waals surface area (Å²) in [5.74, 6) is 0.878. The number of carbonyl (C=O) groups excluding carboxylic acids is 1. The number of hydrogen-bond acceptors (Lipinski definition) is 4. The van der Waals surface area contributed by atoms with Crippen molar-refractivity contribution in [1.82, 2.24) is 10.6 Å². The Kier molecular flexibility index (Phi) is 15.7. The maximum Gasteiger partial charge on any atom is 0.192 e. The molecule has 0 aliphatic heterocycles. The number of hydrogen-bond donors (Lipinski definition) is 2. The van der Waals surface area contributed by atoms with Gasteiger partial charge in [0.2, 0.25) is 0 Å². The molecule has 4 heteroatoms. The quantitative estimate of drug-likeness (QED) is 0.423. The van der Waals surface area contributed by atoms with E-state index in [1.165, 1.54) is 0 Å². The monoisotopic (exact) mass is 426 g/mol. The van der Waals surface area contributed by atoms with Crippen LogP contribution in [0.3, 0.4) is 0 Å². The number of ether oxygens (including phenoxy) is 1. The molecule has 172 valence electrons. The second-order valence-corrected chi connectivity index (χ2v) is 6.78. The van der Waals surface area contributed by atoms with E-state index in [-0.39, 0.29) is 18.4 Å². The first-order valence-electron chi connectivity index (χ1n) is 11.5. The SMILES string of the molecule is C=C(NC1=CC=C(OC(C)C)CC=C1CC)C(=O)CNCc1ccccc1.CC.CC. The average Bonchev–Trinajstić information content (AvgIpc) is 2.98. The summed E-state index contributed by atoms with van der Waals surface area (Å²) in [7, 11) is 0. The van der Waals surface area contributed by atoms with Gasteiger partial charge in [0.15, 0.2) is 5.78 Å². The van der Waals surface area contributed by atoms with Crippen LogP contribution in [0, 0.1) is 0 Å². The molecule has 0 spiro atoms. The highest BCUT2D eigenvalue weighted by molar-refractivity contribution is 5.96. The predicted molar refractivity (Wildman–Crippen MR) is 134 cm³/mol. The Balaban J connectivity index is 0.00000212. The van der Waals surface area contributed by atoms with E-state index in [1.54, 1.807) is 0 Å². The van der Waals surface area contributed by atoms with E-state index in [0.29, 0.717) is 12.2 Å². The number of benzene rings is 1. The molecular formula is C27H42N2O2. The third kappa shape index (κ3) is 11.4. The van der Waals surface area contributed by atoms with Crippen molar-refractivity contribution < 1.29 is 9.53 Å². The summed E-state index contributed by atoms with van der Waals surface area (Å²) >= 11 is 0. The van der Waals surface area contributed by atoms with Crippen molar-refractivity contribution in [2.75, 3.05) is 6.54 Å². The lowest BCUT2D eigenvalue weighted by Gasteiger charge is -2.14. The van der Waals surface area contributed by atoms with Crippen molar-refractivity contribution in [3.63, 3.8) is 0 Å². The normalized spacial score (nSPS) is 12.6. The topological polar surface area (TPSA) is 50.4 Å². The summed E-state index contributed by atoms with van der Waals surface area (Å²) in [6.45, 7) is 19.0. The van der Waals surface area contributed by atoms with E-state index in [0.717, 1.165) is 35.4 Å².